The third-order valence-corrected chi connectivity index (χ3v) is 9.37. The second kappa shape index (κ2) is 10.1. The molecule has 6 aromatic rings. The highest BCUT2D eigenvalue weighted by molar-refractivity contribution is 8.00. The molecule has 0 amide bonds. The van der Waals surface area contributed by atoms with Crippen LogP contribution in [-0.4, -0.2) is 0 Å². The number of rotatable bonds is 6. The minimum Gasteiger partial charge on any atom is -0.142 e. The molecule has 3 heteroatoms. The van der Waals surface area contributed by atoms with Gasteiger partial charge in [0.1, 0.15) is 0 Å². The van der Waals surface area contributed by atoms with Crippen LogP contribution in [0, 0.1) is 0 Å². The van der Waals surface area contributed by atoms with E-state index in [1.807, 2.05) is 34.4 Å². The fourth-order valence-corrected chi connectivity index (χ4v) is 7.92. The molecule has 4 aromatic carbocycles. The lowest BCUT2D eigenvalue weighted by atomic mass is 10.0. The summed E-state index contributed by atoms with van der Waals surface area (Å²) >= 11 is 5.54. The van der Waals surface area contributed by atoms with Gasteiger partial charge < -0.3 is 0 Å². The van der Waals surface area contributed by atoms with Crippen molar-refractivity contribution in [3.8, 4) is 43.1 Å². The van der Waals surface area contributed by atoms with E-state index >= 15 is 0 Å². The van der Waals surface area contributed by atoms with E-state index in [0.717, 1.165) is 0 Å². The van der Waals surface area contributed by atoms with E-state index in [0.29, 0.717) is 0 Å². The maximum absolute atomic E-state index is 2.32. The second-order valence-electron chi connectivity index (χ2n) is 8.17. The first-order chi connectivity index (χ1) is 17.4. The highest BCUT2D eigenvalue weighted by atomic mass is 32.2. The molecule has 0 fully saturated rings. The normalized spacial score (nSPS) is 11.0. The van der Waals surface area contributed by atoms with Gasteiger partial charge in [-0.3, -0.25) is 0 Å². The Labute approximate surface area is 218 Å². The summed E-state index contributed by atoms with van der Waals surface area (Å²) < 4.78 is 0. The second-order valence-corrected chi connectivity index (χ2v) is 11.0. The number of benzene rings is 4. The SMILES string of the molecule is c1ccc(-c2scc(Sc3csc(-c4ccccc4)c3-c3ccccc3)c2-c2ccccc2)cc1. The predicted molar refractivity (Wildman–Crippen MR) is 155 cm³/mol. The Kier molecular flexibility index (Phi) is 6.37. The van der Waals surface area contributed by atoms with E-state index < -0.39 is 0 Å². The van der Waals surface area contributed by atoms with Gasteiger partial charge in [-0.2, -0.15) is 0 Å². The molecule has 0 aliphatic carbocycles. The van der Waals surface area contributed by atoms with Crippen LogP contribution < -0.4 is 0 Å². The van der Waals surface area contributed by atoms with Gasteiger partial charge in [0.05, 0.1) is 0 Å². The lowest BCUT2D eigenvalue weighted by Crippen LogP contribution is -1.84. The van der Waals surface area contributed by atoms with Crippen LogP contribution in [0.3, 0.4) is 0 Å². The van der Waals surface area contributed by atoms with Crippen LogP contribution in [0.5, 0.6) is 0 Å². The van der Waals surface area contributed by atoms with Gasteiger partial charge in [-0.1, -0.05) is 133 Å². The van der Waals surface area contributed by atoms with E-state index in [4.69, 9.17) is 0 Å². The first-order valence-corrected chi connectivity index (χ1v) is 14.1. The zero-order chi connectivity index (χ0) is 23.5. The summed E-state index contributed by atoms with van der Waals surface area (Å²) in [5.74, 6) is 0. The summed E-state index contributed by atoms with van der Waals surface area (Å²) in [6, 6.07) is 43.1. The largest absolute Gasteiger partial charge is 0.142 e. The predicted octanol–water partition coefficient (Wildman–Crippen LogP) is 10.6. The fraction of sp³-hybridized carbons (Fsp3) is 0. The molecule has 0 aliphatic rings. The molecule has 0 N–H and O–H groups in total. The Morgan fingerprint density at radius 1 is 0.371 bits per heavy atom. The van der Waals surface area contributed by atoms with Crippen molar-refractivity contribution in [1.82, 2.24) is 0 Å². The fourth-order valence-electron chi connectivity index (χ4n) is 4.31. The molecule has 0 saturated heterocycles. The van der Waals surface area contributed by atoms with Crippen LogP contribution in [-0.2, 0) is 0 Å². The minimum atomic E-state index is 1.26. The van der Waals surface area contributed by atoms with Gasteiger partial charge in [0.2, 0.25) is 0 Å². The zero-order valence-corrected chi connectivity index (χ0v) is 21.4. The van der Waals surface area contributed by atoms with Crippen LogP contribution in [0.1, 0.15) is 0 Å². The lowest BCUT2D eigenvalue weighted by Gasteiger charge is -2.11. The molecule has 0 spiro atoms. The molecule has 6 rings (SSSR count). The van der Waals surface area contributed by atoms with Crippen LogP contribution in [0.15, 0.2) is 142 Å². The number of thiophene rings is 2. The molecule has 0 radical (unpaired) electrons. The average molecular weight is 503 g/mol. The summed E-state index contributed by atoms with van der Waals surface area (Å²) in [5.41, 5.74) is 7.69. The Morgan fingerprint density at radius 3 is 1.03 bits per heavy atom. The highest BCUT2D eigenvalue weighted by Gasteiger charge is 2.21. The third kappa shape index (κ3) is 4.51. The van der Waals surface area contributed by atoms with E-state index in [-0.39, 0.29) is 0 Å². The molecule has 0 unspecified atom stereocenters. The molecule has 2 aromatic heterocycles. The van der Waals surface area contributed by atoms with Crippen LogP contribution in [0.25, 0.3) is 43.1 Å². The molecule has 2 heterocycles. The van der Waals surface area contributed by atoms with E-state index in [9.17, 15) is 0 Å². The summed E-state index contributed by atoms with van der Waals surface area (Å²) in [7, 11) is 0. The minimum absolute atomic E-state index is 1.26. The van der Waals surface area contributed by atoms with Crippen LogP contribution >= 0.6 is 34.4 Å². The molecule has 0 nitrogen and oxygen atoms in total. The summed E-state index contributed by atoms with van der Waals surface area (Å²) in [4.78, 5) is 5.24. The lowest BCUT2D eigenvalue weighted by molar-refractivity contribution is 1.48. The molecule has 0 atom stereocenters. The van der Waals surface area contributed by atoms with Crippen LogP contribution in [0.2, 0.25) is 0 Å². The van der Waals surface area contributed by atoms with E-state index in [2.05, 4.69) is 132 Å². The van der Waals surface area contributed by atoms with Crippen molar-refractivity contribution in [3.05, 3.63) is 132 Å². The van der Waals surface area contributed by atoms with Gasteiger partial charge in [0.15, 0.2) is 0 Å². The van der Waals surface area contributed by atoms with E-state index in [1.165, 1.54) is 52.9 Å². The maximum Gasteiger partial charge on any atom is 0.0432 e. The highest BCUT2D eigenvalue weighted by Crippen LogP contribution is 2.51. The number of hydrogen-bond donors (Lipinski definition) is 0. The van der Waals surface area contributed by atoms with Crippen molar-refractivity contribution in [3.63, 3.8) is 0 Å². The van der Waals surface area contributed by atoms with Crippen molar-refractivity contribution in [2.75, 3.05) is 0 Å². The van der Waals surface area contributed by atoms with Crippen molar-refractivity contribution < 1.29 is 0 Å². The Balaban J connectivity index is 1.50. The molecule has 0 aliphatic heterocycles. The molecule has 168 valence electrons. The van der Waals surface area contributed by atoms with Crippen molar-refractivity contribution in [2.45, 2.75) is 9.79 Å². The van der Waals surface area contributed by atoms with Gasteiger partial charge in [0.25, 0.3) is 0 Å². The molecule has 0 saturated carbocycles. The Morgan fingerprint density at radius 2 is 0.686 bits per heavy atom. The molecule has 0 bridgehead atoms. The van der Waals surface area contributed by atoms with Crippen molar-refractivity contribution >= 4 is 34.4 Å². The number of hydrogen-bond acceptors (Lipinski definition) is 3. The molecule has 35 heavy (non-hydrogen) atoms. The maximum atomic E-state index is 2.32. The third-order valence-electron chi connectivity index (χ3n) is 5.93. The topological polar surface area (TPSA) is 0 Å². The standard InChI is InChI=1S/C32H22S3/c1-5-13-23(14-6-1)29-27(21-33-31(29)25-17-9-3-10-18-25)35-28-22-34-32(26-19-11-4-12-20-26)30(28)24-15-7-2-8-16-24/h1-22H. The summed E-state index contributed by atoms with van der Waals surface area (Å²) in [6.07, 6.45) is 0. The molecular weight excluding hydrogens is 481 g/mol. The first kappa shape index (κ1) is 22.1. The van der Waals surface area contributed by atoms with Gasteiger partial charge in [-0.05, 0) is 22.3 Å². The summed E-state index contributed by atoms with van der Waals surface area (Å²) in [5, 5.41) is 4.65. The Hall–Kier alpha value is -3.37. The van der Waals surface area contributed by atoms with Gasteiger partial charge >= 0.3 is 0 Å². The first-order valence-electron chi connectivity index (χ1n) is 11.5. The van der Waals surface area contributed by atoms with Gasteiger partial charge in [-0.25, -0.2) is 0 Å². The summed E-state index contributed by atoms with van der Waals surface area (Å²) in [6.45, 7) is 0. The zero-order valence-electron chi connectivity index (χ0n) is 18.9. The quantitative estimate of drug-likeness (QED) is 0.218. The smallest absolute Gasteiger partial charge is 0.0432 e. The van der Waals surface area contributed by atoms with Crippen LogP contribution in [0.4, 0.5) is 0 Å². The van der Waals surface area contributed by atoms with Gasteiger partial charge in [0, 0.05) is 41.4 Å². The van der Waals surface area contributed by atoms with Crippen molar-refractivity contribution in [1.29, 1.82) is 0 Å². The Bertz CT molecular complexity index is 1410. The average Bonchev–Trinajstić information content (AvgIpc) is 3.55. The van der Waals surface area contributed by atoms with E-state index in [1.54, 1.807) is 0 Å². The molecular formula is C32H22S3. The van der Waals surface area contributed by atoms with Crippen molar-refractivity contribution in [2.24, 2.45) is 0 Å². The van der Waals surface area contributed by atoms with Gasteiger partial charge in [-0.15, -0.1) is 22.7 Å². The monoisotopic (exact) mass is 502 g/mol.